The quantitative estimate of drug-likeness (QED) is 0.0433. The van der Waals surface area contributed by atoms with E-state index in [-0.39, 0.29) is 23.7 Å². The Labute approximate surface area is 293 Å². The van der Waals surface area contributed by atoms with E-state index in [4.69, 9.17) is 21.9 Å². The maximum atomic E-state index is 13.9. The number of ether oxygens (including phenoxy) is 1. The third-order valence-electron chi connectivity index (χ3n) is 9.50. The van der Waals surface area contributed by atoms with Crippen LogP contribution in [-0.2, 0) is 28.7 Å². The molecule has 49 heavy (non-hydrogen) atoms. The SMILES string of the molecule is CCCCCCCCCCCC(=O)N[C@@H](CCCN=C(N)N)C(=O)N1CCC[C@H]1C(=O)N[C@@H](CCCCN)C(=O)N1CCC[C@H]1C(=O)OC. The maximum absolute atomic E-state index is 13.9. The summed E-state index contributed by atoms with van der Waals surface area (Å²) in [6.07, 6.45) is 15.2. The van der Waals surface area contributed by atoms with Crippen LogP contribution >= 0.6 is 0 Å². The highest BCUT2D eigenvalue weighted by molar-refractivity contribution is 5.95. The lowest BCUT2D eigenvalue weighted by molar-refractivity contribution is -0.152. The monoisotopic (exact) mass is 692 g/mol. The number of amides is 4. The van der Waals surface area contributed by atoms with Crippen molar-refractivity contribution in [2.75, 3.05) is 33.3 Å². The van der Waals surface area contributed by atoms with Crippen molar-refractivity contribution in [3.8, 4) is 0 Å². The van der Waals surface area contributed by atoms with Crippen LogP contribution < -0.4 is 27.8 Å². The summed E-state index contributed by atoms with van der Waals surface area (Å²) >= 11 is 0. The number of likely N-dealkylation sites (tertiary alicyclic amines) is 2. The maximum Gasteiger partial charge on any atom is 0.328 e. The molecule has 0 saturated carbocycles. The second-order valence-corrected chi connectivity index (χ2v) is 13.4. The number of nitrogens with zero attached hydrogens (tertiary/aromatic N) is 3. The minimum absolute atomic E-state index is 0.0454. The van der Waals surface area contributed by atoms with E-state index in [1.807, 2.05) is 0 Å². The Morgan fingerprint density at radius 2 is 1.31 bits per heavy atom. The predicted octanol–water partition coefficient (Wildman–Crippen LogP) is 2.21. The highest BCUT2D eigenvalue weighted by Crippen LogP contribution is 2.23. The summed E-state index contributed by atoms with van der Waals surface area (Å²) in [5.41, 5.74) is 16.6. The molecule has 2 heterocycles. The second kappa shape index (κ2) is 23.9. The molecule has 14 nitrogen and oxygen atoms in total. The molecule has 0 radical (unpaired) electrons. The molecule has 0 aromatic rings. The number of guanidine groups is 1. The lowest BCUT2D eigenvalue weighted by Gasteiger charge is -2.31. The van der Waals surface area contributed by atoms with Crippen LogP contribution in [-0.4, -0.2) is 103 Å². The summed E-state index contributed by atoms with van der Waals surface area (Å²) in [7, 11) is 1.30. The van der Waals surface area contributed by atoms with Crippen LogP contribution in [0.3, 0.4) is 0 Å². The van der Waals surface area contributed by atoms with Gasteiger partial charge in [-0.25, -0.2) is 4.79 Å². The Bertz CT molecular complexity index is 1070. The molecule has 2 aliphatic rings. The van der Waals surface area contributed by atoms with Crippen molar-refractivity contribution in [3.63, 3.8) is 0 Å². The molecule has 14 heteroatoms. The van der Waals surface area contributed by atoms with E-state index < -0.39 is 36.0 Å². The van der Waals surface area contributed by atoms with Gasteiger partial charge in [0.1, 0.15) is 24.2 Å². The van der Waals surface area contributed by atoms with Gasteiger partial charge in [-0.3, -0.25) is 24.2 Å². The molecule has 2 saturated heterocycles. The van der Waals surface area contributed by atoms with E-state index >= 15 is 0 Å². The second-order valence-electron chi connectivity index (χ2n) is 13.4. The van der Waals surface area contributed by atoms with Crippen molar-refractivity contribution in [2.24, 2.45) is 22.2 Å². The Hall–Kier alpha value is -3.42. The summed E-state index contributed by atoms with van der Waals surface area (Å²) in [5.74, 6) is -1.81. The Balaban J connectivity index is 2.06. The first-order chi connectivity index (χ1) is 23.6. The van der Waals surface area contributed by atoms with Crippen LogP contribution in [0.5, 0.6) is 0 Å². The fraction of sp³-hybridized carbons (Fsp3) is 0.829. The molecule has 0 aliphatic carbocycles. The predicted molar refractivity (Wildman–Crippen MR) is 190 cm³/mol. The molecule has 0 bridgehead atoms. The molecule has 8 N–H and O–H groups in total. The normalized spacial score (nSPS) is 18.5. The number of carbonyl (C=O) groups excluding carboxylic acids is 5. The van der Waals surface area contributed by atoms with Crippen molar-refractivity contribution >= 4 is 35.6 Å². The van der Waals surface area contributed by atoms with Crippen molar-refractivity contribution in [2.45, 2.75) is 153 Å². The minimum Gasteiger partial charge on any atom is -0.467 e. The average molecular weight is 693 g/mol. The van der Waals surface area contributed by atoms with Crippen molar-refractivity contribution in [1.29, 1.82) is 0 Å². The van der Waals surface area contributed by atoms with Gasteiger partial charge in [0, 0.05) is 26.1 Å². The van der Waals surface area contributed by atoms with Gasteiger partial charge in [0.05, 0.1) is 7.11 Å². The first-order valence-corrected chi connectivity index (χ1v) is 18.7. The summed E-state index contributed by atoms with van der Waals surface area (Å²) in [6.45, 7) is 3.72. The zero-order valence-electron chi connectivity index (χ0n) is 30.1. The number of nitrogens with two attached hydrogens (primary N) is 3. The van der Waals surface area contributed by atoms with Gasteiger partial charge in [0.25, 0.3) is 0 Å². The molecule has 0 aromatic heterocycles. The van der Waals surface area contributed by atoms with Crippen LogP contribution in [0, 0.1) is 0 Å². The molecule has 4 amide bonds. The van der Waals surface area contributed by atoms with E-state index in [1.165, 1.54) is 55.4 Å². The van der Waals surface area contributed by atoms with Crippen LogP contribution in [0.15, 0.2) is 4.99 Å². The molecule has 0 spiro atoms. The molecule has 2 aliphatic heterocycles. The van der Waals surface area contributed by atoms with Crippen LogP contribution in [0.2, 0.25) is 0 Å². The number of hydrogen-bond donors (Lipinski definition) is 5. The van der Waals surface area contributed by atoms with Gasteiger partial charge < -0.3 is 42.4 Å². The molecular weight excluding hydrogens is 628 g/mol. The van der Waals surface area contributed by atoms with Crippen molar-refractivity contribution in [1.82, 2.24) is 20.4 Å². The highest BCUT2D eigenvalue weighted by atomic mass is 16.5. The van der Waals surface area contributed by atoms with E-state index in [0.717, 1.165) is 19.3 Å². The molecule has 0 aromatic carbocycles. The summed E-state index contributed by atoms with van der Waals surface area (Å²) in [5, 5.41) is 5.84. The summed E-state index contributed by atoms with van der Waals surface area (Å²) in [4.78, 5) is 73.7. The van der Waals surface area contributed by atoms with Crippen molar-refractivity contribution in [3.05, 3.63) is 0 Å². The van der Waals surface area contributed by atoms with Crippen molar-refractivity contribution < 1.29 is 28.7 Å². The zero-order valence-corrected chi connectivity index (χ0v) is 30.1. The Kier molecular flexibility index (Phi) is 20.3. The van der Waals surface area contributed by atoms with Gasteiger partial charge in [0.15, 0.2) is 5.96 Å². The molecule has 280 valence electrons. The number of methoxy groups -OCH3 is 1. The van der Waals surface area contributed by atoms with Gasteiger partial charge in [-0.15, -0.1) is 0 Å². The molecule has 4 atom stereocenters. The van der Waals surface area contributed by atoms with E-state index in [9.17, 15) is 24.0 Å². The first-order valence-electron chi connectivity index (χ1n) is 18.7. The largest absolute Gasteiger partial charge is 0.467 e. The number of esters is 1. The summed E-state index contributed by atoms with van der Waals surface area (Å²) in [6, 6.07) is -3.18. The molecule has 2 rings (SSSR count). The van der Waals surface area contributed by atoms with Crippen LogP contribution in [0.4, 0.5) is 0 Å². The van der Waals surface area contributed by atoms with E-state index in [0.29, 0.717) is 90.4 Å². The number of aliphatic imine (C=N–C) groups is 1. The Morgan fingerprint density at radius 3 is 1.90 bits per heavy atom. The lowest BCUT2D eigenvalue weighted by Crippen LogP contribution is -2.57. The third kappa shape index (κ3) is 14.9. The average Bonchev–Trinajstić information content (AvgIpc) is 3.78. The van der Waals surface area contributed by atoms with Crippen LogP contribution in [0.25, 0.3) is 0 Å². The third-order valence-corrected chi connectivity index (χ3v) is 9.50. The van der Waals surface area contributed by atoms with Gasteiger partial charge >= 0.3 is 5.97 Å². The first kappa shape index (κ1) is 41.7. The number of hydrogen-bond acceptors (Lipinski definition) is 8. The zero-order chi connectivity index (χ0) is 36.0. The molecular formula is C35H64N8O6. The standard InChI is InChI=1S/C35H64N8O6/c1-3-4-5-6-7-8-9-10-11-21-30(44)40-26(18-14-23-39-35(37)38)32(46)42-24-15-19-28(42)31(45)41-27(17-12-13-22-36)33(47)43-25-16-20-29(43)34(48)49-2/h26-29H,3-25,36H2,1-2H3,(H,40,44)(H,41,45)(H4,37,38,39)/t26-,27-,28-,29-/m0/s1. The van der Waals surface area contributed by atoms with Gasteiger partial charge in [-0.05, 0) is 70.8 Å². The Morgan fingerprint density at radius 1 is 0.755 bits per heavy atom. The topological polar surface area (TPSA) is 216 Å². The smallest absolute Gasteiger partial charge is 0.328 e. The fourth-order valence-corrected chi connectivity index (χ4v) is 6.76. The minimum atomic E-state index is -0.867. The molecule has 0 unspecified atom stereocenters. The van der Waals surface area contributed by atoms with E-state index in [2.05, 4.69) is 22.5 Å². The summed E-state index contributed by atoms with van der Waals surface area (Å²) < 4.78 is 4.91. The fourth-order valence-electron chi connectivity index (χ4n) is 6.76. The van der Waals surface area contributed by atoms with Crippen LogP contribution in [0.1, 0.15) is 129 Å². The van der Waals surface area contributed by atoms with Gasteiger partial charge in [-0.1, -0.05) is 58.3 Å². The molecule has 2 fully saturated rings. The lowest BCUT2D eigenvalue weighted by atomic mass is 10.0. The number of carbonyl (C=O) groups is 5. The van der Waals surface area contributed by atoms with Gasteiger partial charge in [0.2, 0.25) is 23.6 Å². The highest BCUT2D eigenvalue weighted by Gasteiger charge is 2.41. The number of nitrogens with one attached hydrogen (secondary N) is 2. The number of rotatable bonds is 24. The van der Waals surface area contributed by atoms with E-state index in [1.54, 1.807) is 0 Å². The van der Waals surface area contributed by atoms with Gasteiger partial charge in [-0.2, -0.15) is 0 Å². The number of unbranched alkanes of at least 4 members (excludes halogenated alkanes) is 9.